The Bertz CT molecular complexity index is 591. The molecule has 2 N–H and O–H groups in total. The molecule has 2 rings (SSSR count). The second kappa shape index (κ2) is 5.71. The van der Waals surface area contributed by atoms with Crippen LogP contribution in [0.5, 0.6) is 0 Å². The van der Waals surface area contributed by atoms with Crippen molar-refractivity contribution in [3.8, 4) is 0 Å². The molecule has 1 aliphatic rings. The van der Waals surface area contributed by atoms with Crippen LogP contribution in [0.15, 0.2) is 29.2 Å². The predicted octanol–water partition coefficient (Wildman–Crippen LogP) is 2.41. The first kappa shape index (κ1) is 15.3. The van der Waals surface area contributed by atoms with Gasteiger partial charge >= 0.3 is 5.97 Å². The number of benzene rings is 1. The van der Waals surface area contributed by atoms with Gasteiger partial charge in [-0.3, -0.25) is 4.79 Å². The summed E-state index contributed by atoms with van der Waals surface area (Å²) in [6, 6.07) is 5.81. The Kier molecular flexibility index (Phi) is 4.36. The molecule has 0 amide bonds. The van der Waals surface area contributed by atoms with Gasteiger partial charge in [0.2, 0.25) is 10.0 Å². The number of hydrogen-bond donors (Lipinski definition) is 2. The molecule has 0 heterocycles. The highest BCUT2D eigenvalue weighted by atomic mass is 35.5. The molecule has 1 aromatic carbocycles. The Balaban J connectivity index is 2.25. The van der Waals surface area contributed by atoms with Gasteiger partial charge in [-0.05, 0) is 37.1 Å². The van der Waals surface area contributed by atoms with Crippen LogP contribution in [-0.4, -0.2) is 25.0 Å². The van der Waals surface area contributed by atoms with Crippen LogP contribution < -0.4 is 4.72 Å². The van der Waals surface area contributed by atoms with Crippen LogP contribution in [-0.2, 0) is 14.8 Å². The molecule has 20 heavy (non-hydrogen) atoms. The number of nitrogens with one attached hydrogen (secondary N) is 1. The van der Waals surface area contributed by atoms with E-state index in [-0.39, 0.29) is 11.3 Å². The average molecular weight is 318 g/mol. The number of carbonyl (C=O) groups is 1. The average Bonchev–Trinajstić information content (AvgIpc) is 2.75. The van der Waals surface area contributed by atoms with Crippen molar-refractivity contribution in [1.82, 2.24) is 4.72 Å². The zero-order valence-electron chi connectivity index (χ0n) is 10.8. The van der Waals surface area contributed by atoms with E-state index in [4.69, 9.17) is 16.7 Å². The van der Waals surface area contributed by atoms with Gasteiger partial charge in [-0.25, -0.2) is 13.1 Å². The van der Waals surface area contributed by atoms with Gasteiger partial charge in [0.25, 0.3) is 0 Å². The molecule has 0 bridgehead atoms. The second-order valence-corrected chi connectivity index (χ2v) is 7.24. The lowest BCUT2D eigenvalue weighted by Crippen LogP contribution is -2.47. The predicted molar refractivity (Wildman–Crippen MR) is 75.2 cm³/mol. The van der Waals surface area contributed by atoms with Crippen LogP contribution in [0.2, 0.25) is 5.02 Å². The van der Waals surface area contributed by atoms with E-state index < -0.39 is 21.5 Å². The highest BCUT2D eigenvalue weighted by Crippen LogP contribution is 2.34. The summed E-state index contributed by atoms with van der Waals surface area (Å²) in [5.74, 6) is -0.995. The standard InChI is InChI=1S/C13H16ClNO4S/c14-10-3-5-11(6-4-10)20(18,19)15-13(9-12(16)17)7-1-2-8-13/h3-6,15H,1-2,7-9H2,(H,16,17). The summed E-state index contributed by atoms with van der Waals surface area (Å²) in [6.07, 6.45) is 2.56. The summed E-state index contributed by atoms with van der Waals surface area (Å²) < 4.78 is 27.3. The number of halogens is 1. The lowest BCUT2D eigenvalue weighted by Gasteiger charge is -2.28. The van der Waals surface area contributed by atoms with Gasteiger partial charge in [0.15, 0.2) is 0 Å². The molecule has 5 nitrogen and oxygen atoms in total. The molecule has 7 heteroatoms. The molecule has 0 atom stereocenters. The van der Waals surface area contributed by atoms with Crippen LogP contribution >= 0.6 is 11.6 Å². The Labute approximate surface area is 123 Å². The minimum absolute atomic E-state index is 0.0959. The number of carboxylic acid groups (broad SMARTS) is 1. The fourth-order valence-electron chi connectivity index (χ4n) is 2.61. The van der Waals surface area contributed by atoms with E-state index in [1.807, 2.05) is 0 Å². The van der Waals surface area contributed by atoms with Crippen molar-refractivity contribution in [2.24, 2.45) is 0 Å². The van der Waals surface area contributed by atoms with Crippen molar-refractivity contribution in [3.63, 3.8) is 0 Å². The van der Waals surface area contributed by atoms with Gasteiger partial charge in [0, 0.05) is 10.6 Å². The van der Waals surface area contributed by atoms with Gasteiger partial charge in [0.05, 0.1) is 11.3 Å². The summed E-state index contributed by atoms with van der Waals surface area (Å²) in [5.41, 5.74) is -0.871. The molecule has 0 spiro atoms. The van der Waals surface area contributed by atoms with Crippen molar-refractivity contribution < 1.29 is 18.3 Å². The molecule has 1 fully saturated rings. The zero-order chi connectivity index (χ0) is 14.8. The number of aliphatic carboxylic acids is 1. The van der Waals surface area contributed by atoms with E-state index >= 15 is 0 Å². The Morgan fingerprint density at radius 2 is 1.80 bits per heavy atom. The van der Waals surface area contributed by atoms with Crippen LogP contribution in [0.4, 0.5) is 0 Å². The van der Waals surface area contributed by atoms with Gasteiger partial charge in [-0.1, -0.05) is 24.4 Å². The van der Waals surface area contributed by atoms with Crippen molar-refractivity contribution in [2.45, 2.75) is 42.5 Å². The molecule has 0 radical (unpaired) electrons. The second-order valence-electron chi connectivity index (χ2n) is 5.12. The molecule has 0 saturated heterocycles. The third kappa shape index (κ3) is 3.50. The number of sulfonamides is 1. The highest BCUT2D eigenvalue weighted by molar-refractivity contribution is 7.89. The maximum Gasteiger partial charge on any atom is 0.305 e. The van der Waals surface area contributed by atoms with Gasteiger partial charge < -0.3 is 5.11 Å². The van der Waals surface area contributed by atoms with Crippen molar-refractivity contribution >= 4 is 27.6 Å². The lowest BCUT2D eigenvalue weighted by molar-refractivity contribution is -0.138. The van der Waals surface area contributed by atoms with E-state index in [0.29, 0.717) is 17.9 Å². The summed E-state index contributed by atoms with van der Waals surface area (Å²) in [5, 5.41) is 9.44. The largest absolute Gasteiger partial charge is 0.481 e. The number of hydrogen-bond acceptors (Lipinski definition) is 3. The maximum absolute atomic E-state index is 12.3. The third-order valence-electron chi connectivity index (χ3n) is 3.53. The minimum Gasteiger partial charge on any atom is -0.481 e. The van der Waals surface area contributed by atoms with Crippen LogP contribution in [0, 0.1) is 0 Å². The molecule has 1 aromatic rings. The summed E-state index contributed by atoms with van der Waals surface area (Å²) in [6.45, 7) is 0. The van der Waals surface area contributed by atoms with Crippen LogP contribution in [0.25, 0.3) is 0 Å². The highest BCUT2D eigenvalue weighted by Gasteiger charge is 2.39. The molecule has 1 saturated carbocycles. The molecular weight excluding hydrogens is 302 g/mol. The van der Waals surface area contributed by atoms with E-state index in [1.165, 1.54) is 24.3 Å². The van der Waals surface area contributed by atoms with E-state index in [0.717, 1.165) is 12.8 Å². The molecule has 0 aliphatic heterocycles. The van der Waals surface area contributed by atoms with Crippen molar-refractivity contribution in [1.29, 1.82) is 0 Å². The summed E-state index contributed by atoms with van der Waals surface area (Å²) in [4.78, 5) is 11.1. The Morgan fingerprint density at radius 1 is 1.25 bits per heavy atom. The first-order chi connectivity index (χ1) is 9.33. The fraction of sp³-hybridized carbons (Fsp3) is 0.462. The first-order valence-electron chi connectivity index (χ1n) is 6.34. The quantitative estimate of drug-likeness (QED) is 0.873. The third-order valence-corrected chi connectivity index (χ3v) is 5.37. The molecule has 110 valence electrons. The smallest absolute Gasteiger partial charge is 0.305 e. The van der Waals surface area contributed by atoms with Crippen molar-refractivity contribution in [2.75, 3.05) is 0 Å². The monoisotopic (exact) mass is 317 g/mol. The number of carboxylic acids is 1. The van der Waals surface area contributed by atoms with E-state index in [1.54, 1.807) is 0 Å². The molecular formula is C13H16ClNO4S. The minimum atomic E-state index is -3.74. The molecule has 0 aromatic heterocycles. The first-order valence-corrected chi connectivity index (χ1v) is 8.21. The number of rotatable bonds is 5. The molecule has 1 aliphatic carbocycles. The van der Waals surface area contributed by atoms with E-state index in [9.17, 15) is 13.2 Å². The van der Waals surface area contributed by atoms with Gasteiger partial charge in [0.1, 0.15) is 0 Å². The van der Waals surface area contributed by atoms with Gasteiger partial charge in [-0.2, -0.15) is 0 Å². The topological polar surface area (TPSA) is 83.5 Å². The Morgan fingerprint density at radius 3 is 2.30 bits per heavy atom. The SMILES string of the molecule is O=C(O)CC1(NS(=O)(=O)c2ccc(Cl)cc2)CCCC1. The van der Waals surface area contributed by atoms with E-state index in [2.05, 4.69) is 4.72 Å². The fourth-order valence-corrected chi connectivity index (χ4v) is 4.20. The maximum atomic E-state index is 12.3. The van der Waals surface area contributed by atoms with Crippen LogP contribution in [0.1, 0.15) is 32.1 Å². The Hall–Kier alpha value is -1.11. The summed E-state index contributed by atoms with van der Waals surface area (Å²) >= 11 is 5.74. The lowest BCUT2D eigenvalue weighted by atomic mass is 9.95. The van der Waals surface area contributed by atoms with Crippen molar-refractivity contribution in [3.05, 3.63) is 29.3 Å². The zero-order valence-corrected chi connectivity index (χ0v) is 12.4. The van der Waals surface area contributed by atoms with Gasteiger partial charge in [-0.15, -0.1) is 0 Å². The molecule has 0 unspecified atom stereocenters. The summed E-state index contributed by atoms with van der Waals surface area (Å²) in [7, 11) is -3.74. The normalized spacial score (nSPS) is 18.1. The van der Waals surface area contributed by atoms with Crippen LogP contribution in [0.3, 0.4) is 0 Å².